The summed E-state index contributed by atoms with van der Waals surface area (Å²) in [5, 5.41) is 0. The molecule has 9 aliphatic carbocycles. The fourth-order valence-electron chi connectivity index (χ4n) is 19.8. The van der Waals surface area contributed by atoms with Crippen LogP contribution in [-0.4, -0.2) is 46.1 Å². The van der Waals surface area contributed by atoms with Crippen molar-refractivity contribution in [2.24, 2.45) is 71.0 Å². The van der Waals surface area contributed by atoms with Crippen molar-refractivity contribution in [1.29, 1.82) is 0 Å². The third-order valence-electron chi connectivity index (χ3n) is 21.9. The predicted molar refractivity (Wildman–Crippen MR) is 234 cm³/mol. The van der Waals surface area contributed by atoms with Crippen molar-refractivity contribution in [3.8, 4) is 0 Å². The Morgan fingerprint density at radius 1 is 0.214 bits per heavy atom. The molecule has 2 saturated heterocycles. The minimum Gasteiger partial charge on any atom is -0.294 e. The Bertz CT molecular complexity index is 1220. The first kappa shape index (κ1) is 38.8. The van der Waals surface area contributed by atoms with Gasteiger partial charge in [0.2, 0.25) is 0 Å². The highest BCUT2D eigenvalue weighted by molar-refractivity contribution is 5.11. The third kappa shape index (κ3) is 7.39. The standard InChI is InChI=1S/C54H90N2/c1-4-15-37(16-5-1)41-33-42(38-17-6-2-7-18-38)35-43(34-41)39-27-30-45(31-28-39)56-51-25-13-11-22-48(51)54-46(23-14-26-53(54)56)40-29-32-52-49(36-40)47-21-10-12-24-50(47)55(52)44-19-8-3-9-20-44/h37-54H,1-36H2. The lowest BCUT2D eigenvalue weighted by atomic mass is 9.59. The predicted octanol–water partition coefficient (Wildman–Crippen LogP) is 14.4. The van der Waals surface area contributed by atoms with Gasteiger partial charge in [-0.25, -0.2) is 0 Å². The molecular weight excluding hydrogens is 677 g/mol. The zero-order chi connectivity index (χ0) is 37.0. The average molecular weight is 767 g/mol. The molecule has 0 bridgehead atoms. The molecule has 12 atom stereocenters. The molecule has 11 rings (SSSR count). The van der Waals surface area contributed by atoms with Crippen molar-refractivity contribution < 1.29 is 0 Å². The molecule has 0 aromatic heterocycles. The van der Waals surface area contributed by atoms with Crippen LogP contribution < -0.4 is 0 Å². The third-order valence-corrected chi connectivity index (χ3v) is 21.9. The normalized spacial score (nSPS) is 49.2. The Balaban J connectivity index is 0.776. The molecule has 2 nitrogen and oxygen atoms in total. The first-order valence-electron chi connectivity index (χ1n) is 27.3. The highest BCUT2D eigenvalue weighted by atomic mass is 15.3. The van der Waals surface area contributed by atoms with Crippen molar-refractivity contribution in [1.82, 2.24) is 9.80 Å². The van der Waals surface area contributed by atoms with Crippen molar-refractivity contribution >= 4 is 0 Å². The van der Waals surface area contributed by atoms with Crippen molar-refractivity contribution in [2.45, 2.75) is 267 Å². The molecule has 56 heavy (non-hydrogen) atoms. The second-order valence-corrected chi connectivity index (χ2v) is 24.1. The Labute approximate surface area is 347 Å². The van der Waals surface area contributed by atoms with Crippen LogP contribution in [0.15, 0.2) is 0 Å². The molecule has 9 saturated carbocycles. The maximum absolute atomic E-state index is 3.41. The van der Waals surface area contributed by atoms with Crippen LogP contribution in [0.3, 0.4) is 0 Å². The van der Waals surface area contributed by atoms with Gasteiger partial charge in [-0.15, -0.1) is 0 Å². The van der Waals surface area contributed by atoms with E-state index in [1.54, 1.807) is 173 Å². The number of hydrogen-bond acceptors (Lipinski definition) is 2. The molecule has 316 valence electrons. The molecule has 0 amide bonds. The summed E-state index contributed by atoms with van der Waals surface area (Å²) in [5.74, 6) is 12.9. The lowest BCUT2D eigenvalue weighted by Gasteiger charge is -2.49. The summed E-state index contributed by atoms with van der Waals surface area (Å²) in [7, 11) is 0. The van der Waals surface area contributed by atoms with Crippen molar-refractivity contribution in [3.05, 3.63) is 0 Å². The van der Waals surface area contributed by atoms with Gasteiger partial charge in [0, 0.05) is 36.3 Å². The maximum atomic E-state index is 3.41. The van der Waals surface area contributed by atoms with Crippen LogP contribution in [0.25, 0.3) is 0 Å². The SMILES string of the molecule is C1CCC(C2CC(C3CCCCC3)CC(C3CCC(N4C5CCCCC5C5C(C6CCC7C(C6)C6CCCCC6N7C6CCCCC6)CCCC54)CC3)C2)CC1. The molecule has 12 unspecified atom stereocenters. The maximum Gasteiger partial charge on any atom is 0.0135 e. The van der Waals surface area contributed by atoms with E-state index in [1.165, 1.54) is 57.8 Å². The highest BCUT2D eigenvalue weighted by Crippen LogP contribution is 2.60. The summed E-state index contributed by atoms with van der Waals surface area (Å²) >= 11 is 0. The van der Waals surface area contributed by atoms with Crippen LogP contribution in [0.1, 0.15) is 231 Å². The van der Waals surface area contributed by atoms with Gasteiger partial charge in [-0.2, -0.15) is 0 Å². The van der Waals surface area contributed by atoms with E-state index in [1.807, 2.05) is 0 Å². The summed E-state index contributed by atoms with van der Waals surface area (Å²) < 4.78 is 0. The van der Waals surface area contributed by atoms with E-state index in [2.05, 4.69) is 9.80 Å². The molecule has 0 aromatic rings. The van der Waals surface area contributed by atoms with Gasteiger partial charge in [-0.1, -0.05) is 116 Å². The fraction of sp³-hybridized carbons (Fsp3) is 1.00. The number of fused-ring (bicyclic) bond motifs is 6. The van der Waals surface area contributed by atoms with Gasteiger partial charge >= 0.3 is 0 Å². The van der Waals surface area contributed by atoms with E-state index in [0.717, 1.165) is 107 Å². The minimum atomic E-state index is 0.940. The van der Waals surface area contributed by atoms with E-state index < -0.39 is 0 Å². The van der Waals surface area contributed by atoms with Crippen LogP contribution in [0, 0.1) is 71.0 Å². The number of rotatable bonds is 6. The monoisotopic (exact) mass is 767 g/mol. The van der Waals surface area contributed by atoms with Crippen LogP contribution in [-0.2, 0) is 0 Å². The minimum absolute atomic E-state index is 0.940. The van der Waals surface area contributed by atoms with Gasteiger partial charge < -0.3 is 0 Å². The Morgan fingerprint density at radius 3 is 1.29 bits per heavy atom. The van der Waals surface area contributed by atoms with Crippen LogP contribution >= 0.6 is 0 Å². The average Bonchev–Trinajstić information content (AvgIpc) is 3.80. The lowest BCUT2D eigenvalue weighted by molar-refractivity contribution is 0.00526. The molecule has 2 heteroatoms. The van der Waals surface area contributed by atoms with E-state index in [4.69, 9.17) is 0 Å². The van der Waals surface area contributed by atoms with Crippen LogP contribution in [0.5, 0.6) is 0 Å². The summed E-state index contributed by atoms with van der Waals surface area (Å²) in [5.41, 5.74) is 0. The van der Waals surface area contributed by atoms with E-state index in [9.17, 15) is 0 Å². The molecule has 0 aromatic carbocycles. The molecule has 11 aliphatic rings. The smallest absolute Gasteiger partial charge is 0.0135 e. The lowest BCUT2D eigenvalue weighted by Crippen LogP contribution is -2.50. The van der Waals surface area contributed by atoms with Gasteiger partial charge in [0.05, 0.1) is 0 Å². The molecule has 0 N–H and O–H groups in total. The van der Waals surface area contributed by atoms with Gasteiger partial charge in [0.25, 0.3) is 0 Å². The second kappa shape index (κ2) is 17.4. The van der Waals surface area contributed by atoms with Gasteiger partial charge in [-0.3, -0.25) is 9.80 Å². The summed E-state index contributed by atoms with van der Waals surface area (Å²) in [6.45, 7) is 0. The van der Waals surface area contributed by atoms with Crippen molar-refractivity contribution in [3.63, 3.8) is 0 Å². The molecule has 0 radical (unpaired) electrons. The van der Waals surface area contributed by atoms with Gasteiger partial charge in [0.1, 0.15) is 0 Å². The van der Waals surface area contributed by atoms with Crippen LogP contribution in [0.4, 0.5) is 0 Å². The van der Waals surface area contributed by atoms with E-state index >= 15 is 0 Å². The summed E-state index contributed by atoms with van der Waals surface area (Å²) in [6.07, 6.45) is 56.6. The fourth-order valence-corrected chi connectivity index (χ4v) is 19.8. The van der Waals surface area contributed by atoms with Crippen molar-refractivity contribution in [2.75, 3.05) is 0 Å². The van der Waals surface area contributed by atoms with Gasteiger partial charge in [0.15, 0.2) is 0 Å². The number of likely N-dealkylation sites (tertiary alicyclic amines) is 2. The molecule has 2 aliphatic heterocycles. The Kier molecular flexibility index (Phi) is 12.0. The number of nitrogens with zero attached hydrogens (tertiary/aromatic N) is 2. The largest absolute Gasteiger partial charge is 0.294 e. The molecular formula is C54H90N2. The van der Waals surface area contributed by atoms with E-state index in [-0.39, 0.29) is 0 Å². The number of hydrogen-bond donors (Lipinski definition) is 0. The first-order valence-corrected chi connectivity index (χ1v) is 27.3. The molecule has 2 heterocycles. The summed E-state index contributed by atoms with van der Waals surface area (Å²) in [6, 6.07) is 5.77. The van der Waals surface area contributed by atoms with Gasteiger partial charge in [-0.05, 0) is 187 Å². The second-order valence-electron chi connectivity index (χ2n) is 24.1. The molecule has 11 fully saturated rings. The highest BCUT2D eigenvalue weighted by Gasteiger charge is 2.59. The summed E-state index contributed by atoms with van der Waals surface area (Å²) in [4.78, 5) is 6.70. The quantitative estimate of drug-likeness (QED) is 0.266. The van der Waals surface area contributed by atoms with Crippen LogP contribution in [0.2, 0.25) is 0 Å². The zero-order valence-electron chi connectivity index (χ0n) is 36.7. The Hall–Kier alpha value is -0.0800. The topological polar surface area (TPSA) is 6.48 Å². The van der Waals surface area contributed by atoms with E-state index in [0.29, 0.717) is 0 Å². The first-order chi connectivity index (χ1) is 27.8. The molecule has 0 spiro atoms. The zero-order valence-corrected chi connectivity index (χ0v) is 36.7. The Morgan fingerprint density at radius 2 is 0.643 bits per heavy atom.